The van der Waals surface area contributed by atoms with Crippen LogP contribution in [0.1, 0.15) is 21.6 Å². The minimum atomic E-state index is 0.0152. The van der Waals surface area contributed by atoms with Gasteiger partial charge in [0.05, 0.1) is 11.9 Å². The van der Waals surface area contributed by atoms with Gasteiger partial charge in [0.25, 0.3) is 5.91 Å². The number of nitrogens with zero attached hydrogens (tertiary/aromatic N) is 3. The minimum Gasteiger partial charge on any atom is -0.354 e. The van der Waals surface area contributed by atoms with E-state index in [1.165, 1.54) is 11.1 Å². The van der Waals surface area contributed by atoms with E-state index in [1.807, 2.05) is 11.0 Å². The van der Waals surface area contributed by atoms with E-state index in [0.717, 1.165) is 37.6 Å². The van der Waals surface area contributed by atoms with Gasteiger partial charge >= 0.3 is 0 Å². The van der Waals surface area contributed by atoms with Gasteiger partial charge in [-0.2, -0.15) is 0 Å². The highest BCUT2D eigenvalue weighted by molar-refractivity contribution is 5.92. The number of nitrogens with one attached hydrogen (secondary N) is 1. The van der Waals surface area contributed by atoms with E-state index in [-0.39, 0.29) is 5.91 Å². The molecule has 3 rings (SSSR count). The third-order valence-corrected chi connectivity index (χ3v) is 4.45. The summed E-state index contributed by atoms with van der Waals surface area (Å²) in [6.07, 6.45) is 1.73. The van der Waals surface area contributed by atoms with Crippen molar-refractivity contribution in [3.05, 3.63) is 53.3 Å². The zero-order valence-corrected chi connectivity index (χ0v) is 14.5. The SMILES string of the molecule is Cc1ccc(C)c(Nc2ccc(C(=O)N3CCN(C)CC3)nc2)c1. The molecule has 1 saturated heterocycles. The number of rotatable bonds is 3. The molecule has 0 spiro atoms. The van der Waals surface area contributed by atoms with E-state index in [4.69, 9.17) is 0 Å². The Balaban J connectivity index is 1.69. The number of carbonyl (C=O) groups excluding carboxylic acids is 1. The Labute approximate surface area is 143 Å². The standard InChI is InChI=1S/C19H24N4O/c1-14-4-5-15(2)18(12-14)21-16-6-7-17(20-13-16)19(24)23-10-8-22(3)9-11-23/h4-7,12-13,21H,8-11H2,1-3H3. The maximum atomic E-state index is 12.5. The largest absolute Gasteiger partial charge is 0.354 e. The zero-order valence-electron chi connectivity index (χ0n) is 14.5. The van der Waals surface area contributed by atoms with Gasteiger partial charge < -0.3 is 15.1 Å². The van der Waals surface area contributed by atoms with Crippen molar-refractivity contribution < 1.29 is 4.79 Å². The summed E-state index contributed by atoms with van der Waals surface area (Å²) in [5.41, 5.74) is 4.84. The van der Waals surface area contributed by atoms with Crippen molar-refractivity contribution in [1.82, 2.24) is 14.8 Å². The molecule has 0 aliphatic carbocycles. The first kappa shape index (κ1) is 16.5. The Hall–Kier alpha value is -2.40. The van der Waals surface area contributed by atoms with Crippen molar-refractivity contribution in [1.29, 1.82) is 0 Å². The molecular formula is C19H24N4O. The maximum Gasteiger partial charge on any atom is 0.272 e. The lowest BCUT2D eigenvalue weighted by Gasteiger charge is -2.32. The normalized spacial score (nSPS) is 15.4. The summed E-state index contributed by atoms with van der Waals surface area (Å²) in [4.78, 5) is 21.0. The van der Waals surface area contributed by atoms with Gasteiger partial charge in [-0.15, -0.1) is 0 Å². The van der Waals surface area contributed by atoms with Crippen molar-refractivity contribution in [2.45, 2.75) is 13.8 Å². The molecule has 5 nitrogen and oxygen atoms in total. The molecule has 1 aliphatic heterocycles. The van der Waals surface area contributed by atoms with Crippen LogP contribution in [0.15, 0.2) is 36.5 Å². The summed E-state index contributed by atoms with van der Waals surface area (Å²) < 4.78 is 0. The summed E-state index contributed by atoms with van der Waals surface area (Å²) in [6, 6.07) is 10.0. The lowest BCUT2D eigenvalue weighted by molar-refractivity contribution is 0.0658. The van der Waals surface area contributed by atoms with Crippen molar-refractivity contribution in [3.8, 4) is 0 Å². The summed E-state index contributed by atoms with van der Waals surface area (Å²) in [6.45, 7) is 7.50. The number of hydrogen-bond acceptors (Lipinski definition) is 4. The van der Waals surface area contributed by atoms with Crippen LogP contribution in [0.5, 0.6) is 0 Å². The quantitative estimate of drug-likeness (QED) is 0.943. The maximum absolute atomic E-state index is 12.5. The van der Waals surface area contributed by atoms with E-state index >= 15 is 0 Å². The van der Waals surface area contributed by atoms with Crippen LogP contribution in [0.3, 0.4) is 0 Å². The molecule has 1 aromatic heterocycles. The summed E-state index contributed by atoms with van der Waals surface area (Å²) >= 11 is 0. The third kappa shape index (κ3) is 3.74. The molecule has 0 atom stereocenters. The number of piperazine rings is 1. The van der Waals surface area contributed by atoms with Crippen LogP contribution in [0, 0.1) is 13.8 Å². The Kier molecular flexibility index (Phi) is 4.81. The molecule has 24 heavy (non-hydrogen) atoms. The average Bonchev–Trinajstić information content (AvgIpc) is 2.59. The topological polar surface area (TPSA) is 48.5 Å². The second kappa shape index (κ2) is 7.01. The Morgan fingerprint density at radius 2 is 1.83 bits per heavy atom. The number of aryl methyl sites for hydroxylation is 2. The molecule has 5 heteroatoms. The van der Waals surface area contributed by atoms with Gasteiger partial charge in [-0.25, -0.2) is 4.98 Å². The number of carbonyl (C=O) groups is 1. The fourth-order valence-corrected chi connectivity index (χ4v) is 2.79. The molecule has 2 aromatic rings. The molecule has 2 heterocycles. The lowest BCUT2D eigenvalue weighted by atomic mass is 10.1. The molecule has 126 valence electrons. The van der Waals surface area contributed by atoms with E-state index in [2.05, 4.69) is 54.3 Å². The zero-order chi connectivity index (χ0) is 17.1. The van der Waals surface area contributed by atoms with Crippen LogP contribution in [0.25, 0.3) is 0 Å². The highest BCUT2D eigenvalue weighted by atomic mass is 16.2. The van der Waals surface area contributed by atoms with E-state index in [0.29, 0.717) is 5.69 Å². The van der Waals surface area contributed by atoms with Gasteiger partial charge in [0.1, 0.15) is 5.69 Å². The first-order valence-corrected chi connectivity index (χ1v) is 8.31. The van der Waals surface area contributed by atoms with Crippen molar-refractivity contribution in [2.24, 2.45) is 0 Å². The molecule has 0 unspecified atom stereocenters. The molecule has 0 radical (unpaired) electrons. The Morgan fingerprint density at radius 1 is 1.08 bits per heavy atom. The number of benzene rings is 1. The van der Waals surface area contributed by atoms with Gasteiger partial charge in [-0.3, -0.25) is 4.79 Å². The van der Waals surface area contributed by atoms with E-state index in [9.17, 15) is 4.79 Å². The Morgan fingerprint density at radius 3 is 2.50 bits per heavy atom. The predicted octanol–water partition coefficient (Wildman–Crippen LogP) is 2.83. The Bertz CT molecular complexity index is 719. The fourth-order valence-electron chi connectivity index (χ4n) is 2.79. The fraction of sp³-hybridized carbons (Fsp3) is 0.368. The first-order valence-electron chi connectivity index (χ1n) is 8.31. The van der Waals surface area contributed by atoms with Crippen molar-refractivity contribution in [3.63, 3.8) is 0 Å². The number of aromatic nitrogens is 1. The second-order valence-corrected chi connectivity index (χ2v) is 6.47. The second-order valence-electron chi connectivity index (χ2n) is 6.47. The van der Waals surface area contributed by atoms with Gasteiger partial charge in [0.2, 0.25) is 0 Å². The number of amides is 1. The van der Waals surface area contributed by atoms with Crippen LogP contribution in [0.4, 0.5) is 11.4 Å². The van der Waals surface area contributed by atoms with Crippen LogP contribution in [-0.4, -0.2) is 53.9 Å². The molecule has 1 amide bonds. The van der Waals surface area contributed by atoms with Crippen LogP contribution < -0.4 is 5.32 Å². The first-order chi connectivity index (χ1) is 11.5. The summed E-state index contributed by atoms with van der Waals surface area (Å²) in [5.74, 6) is 0.0152. The third-order valence-electron chi connectivity index (χ3n) is 4.45. The molecule has 1 aromatic carbocycles. The lowest BCUT2D eigenvalue weighted by Crippen LogP contribution is -2.47. The van der Waals surface area contributed by atoms with Crippen LogP contribution >= 0.6 is 0 Å². The van der Waals surface area contributed by atoms with Gasteiger partial charge in [0, 0.05) is 31.9 Å². The van der Waals surface area contributed by atoms with Crippen LogP contribution in [0.2, 0.25) is 0 Å². The minimum absolute atomic E-state index is 0.0152. The number of hydrogen-bond donors (Lipinski definition) is 1. The predicted molar refractivity (Wildman–Crippen MR) is 96.8 cm³/mol. The van der Waals surface area contributed by atoms with Gasteiger partial charge in [0.15, 0.2) is 0 Å². The van der Waals surface area contributed by atoms with Crippen molar-refractivity contribution >= 4 is 17.3 Å². The highest BCUT2D eigenvalue weighted by Gasteiger charge is 2.21. The smallest absolute Gasteiger partial charge is 0.272 e. The number of pyridine rings is 1. The number of likely N-dealkylation sites (N-methyl/N-ethyl adjacent to an activating group) is 1. The van der Waals surface area contributed by atoms with Gasteiger partial charge in [-0.05, 0) is 50.2 Å². The summed E-state index contributed by atoms with van der Waals surface area (Å²) in [5, 5.41) is 3.37. The highest BCUT2D eigenvalue weighted by Crippen LogP contribution is 2.21. The van der Waals surface area contributed by atoms with Crippen molar-refractivity contribution in [2.75, 3.05) is 38.5 Å². The molecule has 0 saturated carbocycles. The van der Waals surface area contributed by atoms with Gasteiger partial charge in [-0.1, -0.05) is 12.1 Å². The van der Waals surface area contributed by atoms with Crippen LogP contribution in [-0.2, 0) is 0 Å². The van der Waals surface area contributed by atoms with E-state index in [1.54, 1.807) is 12.3 Å². The molecular weight excluding hydrogens is 300 g/mol. The van der Waals surface area contributed by atoms with E-state index < -0.39 is 0 Å². The molecule has 0 bridgehead atoms. The molecule has 1 aliphatic rings. The summed E-state index contributed by atoms with van der Waals surface area (Å²) in [7, 11) is 2.08. The monoisotopic (exact) mass is 324 g/mol. The molecule has 1 N–H and O–H groups in total. The average molecular weight is 324 g/mol. The molecule has 1 fully saturated rings. The number of anilines is 2.